The first-order chi connectivity index (χ1) is 7.31. The first kappa shape index (κ1) is 11.7. The van der Waals surface area contributed by atoms with Crippen molar-refractivity contribution in [2.24, 2.45) is 7.05 Å². The maximum atomic E-state index is 10.5. The van der Waals surface area contributed by atoms with Gasteiger partial charge in [0.2, 0.25) is 5.95 Å². The Morgan fingerprint density at radius 1 is 1.27 bits per heavy atom. The van der Waals surface area contributed by atoms with Crippen LogP contribution in [0.15, 0.2) is 0 Å². The van der Waals surface area contributed by atoms with Gasteiger partial charge in [-0.15, -0.1) is 5.10 Å². The summed E-state index contributed by atoms with van der Waals surface area (Å²) in [4.78, 5) is 16.7. The van der Waals surface area contributed by atoms with Crippen molar-refractivity contribution >= 4 is 12.2 Å². The molecule has 0 amide bonds. The van der Waals surface area contributed by atoms with E-state index in [0.29, 0.717) is 11.8 Å². The lowest BCUT2D eigenvalue weighted by molar-refractivity contribution is 0.111. The van der Waals surface area contributed by atoms with Crippen molar-refractivity contribution in [2.75, 3.05) is 18.0 Å². The number of hydrogen-bond donors (Lipinski definition) is 0. The fraction of sp³-hybridized carbons (Fsp3) is 0.700. The molecule has 0 atom stereocenters. The normalized spacial score (nSPS) is 14.7. The smallest absolute Gasteiger partial charge is 0.245 e. The van der Waals surface area contributed by atoms with E-state index in [1.165, 1.54) is 17.5 Å². The van der Waals surface area contributed by atoms with E-state index in [1.807, 2.05) is 13.8 Å². The highest BCUT2D eigenvalue weighted by molar-refractivity contribution is 5.69. The topological polar surface area (TPSA) is 51.0 Å². The van der Waals surface area contributed by atoms with Gasteiger partial charge in [-0.05, 0) is 12.8 Å². The van der Waals surface area contributed by atoms with Gasteiger partial charge in [0.25, 0.3) is 0 Å². The van der Waals surface area contributed by atoms with Gasteiger partial charge in [0.1, 0.15) is 0 Å². The summed E-state index contributed by atoms with van der Waals surface area (Å²) in [6, 6.07) is 0. The molecule has 5 nitrogen and oxygen atoms in total. The van der Waals surface area contributed by atoms with E-state index in [1.54, 1.807) is 7.05 Å². The molecule has 2 heterocycles. The Bertz CT molecular complexity index is 315. The maximum Gasteiger partial charge on any atom is 0.245 e. The largest absolute Gasteiger partial charge is 0.340 e. The van der Waals surface area contributed by atoms with E-state index in [9.17, 15) is 4.79 Å². The average Bonchev–Trinajstić information content (AvgIpc) is 2.89. The first-order valence-electron chi connectivity index (χ1n) is 5.42. The molecule has 2 rings (SSSR count). The van der Waals surface area contributed by atoms with Crippen molar-refractivity contribution in [3.63, 3.8) is 0 Å². The zero-order valence-corrected chi connectivity index (χ0v) is 9.60. The molecule has 1 aromatic rings. The Hall–Kier alpha value is -1.39. The molecule has 0 spiro atoms. The molecule has 0 N–H and O–H groups in total. The molecule has 1 fully saturated rings. The van der Waals surface area contributed by atoms with Crippen molar-refractivity contribution < 1.29 is 4.79 Å². The SMILES string of the molecule is CC.Cn1nc(N2CCCC2)nc1C=O. The minimum atomic E-state index is 0.391. The van der Waals surface area contributed by atoms with Crippen LogP contribution in [-0.4, -0.2) is 34.1 Å². The van der Waals surface area contributed by atoms with Crippen molar-refractivity contribution in [3.8, 4) is 0 Å². The van der Waals surface area contributed by atoms with Gasteiger partial charge in [0, 0.05) is 20.1 Å². The third-order valence-electron chi connectivity index (χ3n) is 2.28. The van der Waals surface area contributed by atoms with Crippen LogP contribution in [0.3, 0.4) is 0 Å². The lowest BCUT2D eigenvalue weighted by atomic mass is 10.4. The molecule has 1 saturated heterocycles. The van der Waals surface area contributed by atoms with Gasteiger partial charge in [0.15, 0.2) is 12.1 Å². The predicted octanol–water partition coefficient (Wildman–Crippen LogP) is 1.25. The second-order valence-electron chi connectivity index (χ2n) is 3.21. The molecule has 0 unspecified atom stereocenters. The summed E-state index contributed by atoms with van der Waals surface area (Å²) >= 11 is 0. The number of anilines is 1. The molecule has 0 radical (unpaired) electrons. The molecule has 0 aromatic carbocycles. The first-order valence-corrected chi connectivity index (χ1v) is 5.42. The van der Waals surface area contributed by atoms with Crippen LogP contribution < -0.4 is 4.90 Å². The van der Waals surface area contributed by atoms with E-state index in [0.717, 1.165) is 19.4 Å². The summed E-state index contributed by atoms with van der Waals surface area (Å²) in [7, 11) is 1.73. The van der Waals surface area contributed by atoms with Crippen LogP contribution in [0.5, 0.6) is 0 Å². The second kappa shape index (κ2) is 5.48. The van der Waals surface area contributed by atoms with Crippen LogP contribution in [-0.2, 0) is 7.05 Å². The number of aromatic nitrogens is 3. The third-order valence-corrected chi connectivity index (χ3v) is 2.28. The standard InChI is InChI=1S/C8H12N4O.C2H6/c1-11-7(6-13)9-8(10-11)12-4-2-3-5-12;1-2/h6H,2-5H2,1H3;1-2H3. The Morgan fingerprint density at radius 3 is 2.33 bits per heavy atom. The van der Waals surface area contributed by atoms with Crippen molar-refractivity contribution in [1.82, 2.24) is 14.8 Å². The molecule has 0 saturated carbocycles. The number of nitrogens with zero attached hydrogens (tertiary/aromatic N) is 4. The van der Waals surface area contributed by atoms with Crippen LogP contribution in [0.4, 0.5) is 5.95 Å². The molecule has 84 valence electrons. The summed E-state index contributed by atoms with van der Waals surface area (Å²) in [5.41, 5.74) is 0. The fourth-order valence-corrected chi connectivity index (χ4v) is 1.54. The van der Waals surface area contributed by atoms with Gasteiger partial charge in [-0.3, -0.25) is 4.79 Å². The van der Waals surface area contributed by atoms with Gasteiger partial charge >= 0.3 is 0 Å². The quantitative estimate of drug-likeness (QED) is 0.689. The number of rotatable bonds is 2. The van der Waals surface area contributed by atoms with Crippen LogP contribution >= 0.6 is 0 Å². The van der Waals surface area contributed by atoms with Crippen LogP contribution in [0.2, 0.25) is 0 Å². The molecule has 5 heteroatoms. The summed E-state index contributed by atoms with van der Waals surface area (Å²) in [5.74, 6) is 1.07. The van der Waals surface area contributed by atoms with Crippen LogP contribution in [0.1, 0.15) is 37.3 Å². The number of carbonyl (C=O) groups excluding carboxylic acids is 1. The van der Waals surface area contributed by atoms with Gasteiger partial charge in [-0.25, -0.2) is 4.68 Å². The molecule has 1 aliphatic heterocycles. The zero-order chi connectivity index (χ0) is 11.3. The van der Waals surface area contributed by atoms with Crippen molar-refractivity contribution in [1.29, 1.82) is 0 Å². The summed E-state index contributed by atoms with van der Waals surface area (Å²) in [5, 5.41) is 4.16. The summed E-state index contributed by atoms with van der Waals surface area (Å²) in [6.45, 7) is 6.00. The van der Waals surface area contributed by atoms with E-state index >= 15 is 0 Å². The fourth-order valence-electron chi connectivity index (χ4n) is 1.54. The summed E-state index contributed by atoms with van der Waals surface area (Å²) in [6.07, 6.45) is 3.11. The predicted molar refractivity (Wildman–Crippen MR) is 59.2 cm³/mol. The molecular weight excluding hydrogens is 192 g/mol. The van der Waals surface area contributed by atoms with E-state index in [2.05, 4.69) is 15.0 Å². The van der Waals surface area contributed by atoms with Crippen molar-refractivity contribution in [3.05, 3.63) is 5.82 Å². The highest BCUT2D eigenvalue weighted by Crippen LogP contribution is 2.15. The third kappa shape index (κ3) is 2.55. The molecule has 1 aliphatic rings. The van der Waals surface area contributed by atoms with Gasteiger partial charge < -0.3 is 4.90 Å². The monoisotopic (exact) mass is 210 g/mol. The molecule has 15 heavy (non-hydrogen) atoms. The zero-order valence-electron chi connectivity index (χ0n) is 9.60. The van der Waals surface area contributed by atoms with Crippen LogP contribution in [0.25, 0.3) is 0 Å². The van der Waals surface area contributed by atoms with Crippen LogP contribution in [0, 0.1) is 0 Å². The number of aryl methyl sites for hydroxylation is 1. The number of carbonyl (C=O) groups is 1. The van der Waals surface area contributed by atoms with Gasteiger partial charge in [-0.1, -0.05) is 13.8 Å². The minimum Gasteiger partial charge on any atom is -0.340 e. The van der Waals surface area contributed by atoms with E-state index in [4.69, 9.17) is 0 Å². The Morgan fingerprint density at radius 2 is 1.87 bits per heavy atom. The Kier molecular flexibility index (Phi) is 4.27. The molecule has 0 aliphatic carbocycles. The number of aldehydes is 1. The van der Waals surface area contributed by atoms with E-state index < -0.39 is 0 Å². The highest BCUT2D eigenvalue weighted by atomic mass is 16.1. The van der Waals surface area contributed by atoms with E-state index in [-0.39, 0.29) is 0 Å². The molecule has 0 bridgehead atoms. The maximum absolute atomic E-state index is 10.5. The molecule has 1 aromatic heterocycles. The lowest BCUT2D eigenvalue weighted by Gasteiger charge is -2.10. The van der Waals surface area contributed by atoms with Gasteiger partial charge in [-0.2, -0.15) is 4.98 Å². The number of hydrogen-bond acceptors (Lipinski definition) is 4. The summed E-state index contributed by atoms with van der Waals surface area (Å²) < 4.78 is 1.51. The molecular formula is C10H18N4O. The Balaban J connectivity index is 0.000000531. The Labute approximate surface area is 90.1 Å². The highest BCUT2D eigenvalue weighted by Gasteiger charge is 2.17. The average molecular weight is 210 g/mol. The van der Waals surface area contributed by atoms with Gasteiger partial charge in [0.05, 0.1) is 0 Å². The lowest BCUT2D eigenvalue weighted by Crippen LogP contribution is -2.19. The van der Waals surface area contributed by atoms with Crippen molar-refractivity contribution in [2.45, 2.75) is 26.7 Å². The minimum absolute atomic E-state index is 0.391. The second-order valence-corrected chi connectivity index (χ2v) is 3.21.